The molecule has 1 aromatic heterocycles. The maximum Gasteiger partial charge on any atom is 0.254 e. The molecule has 5 heteroatoms. The van der Waals surface area contributed by atoms with E-state index in [1.54, 1.807) is 23.2 Å². The van der Waals surface area contributed by atoms with Gasteiger partial charge in [-0.15, -0.1) is 0 Å². The summed E-state index contributed by atoms with van der Waals surface area (Å²) in [4.78, 5) is 20.0. The van der Waals surface area contributed by atoms with Gasteiger partial charge in [0.1, 0.15) is 11.4 Å². The van der Waals surface area contributed by atoms with Gasteiger partial charge in [0.15, 0.2) is 0 Å². The lowest BCUT2D eigenvalue weighted by atomic mass is 9.82. The Balaban J connectivity index is 2.08. The number of aromatic nitrogens is 1. The van der Waals surface area contributed by atoms with Gasteiger partial charge in [0.25, 0.3) is 5.91 Å². The van der Waals surface area contributed by atoms with E-state index in [4.69, 9.17) is 0 Å². The van der Waals surface area contributed by atoms with Crippen LogP contribution in [0.25, 0.3) is 0 Å². The lowest BCUT2D eigenvalue weighted by molar-refractivity contribution is -0.110. The summed E-state index contributed by atoms with van der Waals surface area (Å²) in [5.41, 5.74) is -0.114. The quantitative estimate of drug-likeness (QED) is 0.883. The minimum Gasteiger partial charge on any atom is -0.386 e. The number of β-amino-alcohol motifs (C(OH)–C–C–N with tert-alkyl or cyclic N) is 1. The molecule has 1 N–H and O–H groups in total. The standard InChI is InChI=1S/C14H21N3O2/c1-10(2)14(19)8-17(9-14)13(18)11-5-6-15-12(7-11)16(3)4/h5-7,10,19H,8-9H2,1-4H3. The highest BCUT2D eigenvalue weighted by Gasteiger charge is 2.45. The summed E-state index contributed by atoms with van der Waals surface area (Å²) in [7, 11) is 3.77. The van der Waals surface area contributed by atoms with E-state index in [9.17, 15) is 9.90 Å². The van der Waals surface area contributed by atoms with Gasteiger partial charge in [-0.1, -0.05) is 13.8 Å². The van der Waals surface area contributed by atoms with Gasteiger partial charge >= 0.3 is 0 Å². The van der Waals surface area contributed by atoms with Gasteiger partial charge in [-0.2, -0.15) is 0 Å². The van der Waals surface area contributed by atoms with Gasteiger partial charge in [0.2, 0.25) is 0 Å². The monoisotopic (exact) mass is 263 g/mol. The second kappa shape index (κ2) is 4.81. The van der Waals surface area contributed by atoms with Crippen LogP contribution in [0.2, 0.25) is 0 Å². The first-order valence-electron chi connectivity index (χ1n) is 6.48. The number of carbonyl (C=O) groups excluding carboxylic acids is 1. The van der Waals surface area contributed by atoms with Crippen molar-refractivity contribution in [3.63, 3.8) is 0 Å². The number of anilines is 1. The summed E-state index contributed by atoms with van der Waals surface area (Å²) in [6, 6.07) is 3.48. The van der Waals surface area contributed by atoms with Gasteiger partial charge in [0.05, 0.1) is 13.1 Å². The van der Waals surface area contributed by atoms with Crippen molar-refractivity contribution in [2.75, 3.05) is 32.1 Å². The molecule has 0 radical (unpaired) electrons. The molecule has 0 bridgehead atoms. The third-order valence-electron chi connectivity index (χ3n) is 3.74. The van der Waals surface area contributed by atoms with Crippen LogP contribution < -0.4 is 4.90 Å². The second-order valence-electron chi connectivity index (χ2n) is 5.72. The van der Waals surface area contributed by atoms with Crippen LogP contribution in [-0.2, 0) is 0 Å². The zero-order valence-electron chi connectivity index (χ0n) is 11.9. The molecular weight excluding hydrogens is 242 g/mol. The Morgan fingerprint density at radius 3 is 2.63 bits per heavy atom. The SMILES string of the molecule is CC(C)C1(O)CN(C(=O)c2ccnc(N(C)C)c2)C1. The summed E-state index contributed by atoms with van der Waals surface area (Å²) in [6.07, 6.45) is 1.64. The average Bonchev–Trinajstić information content (AvgIpc) is 2.34. The Kier molecular flexibility index (Phi) is 3.49. The van der Waals surface area contributed by atoms with Gasteiger partial charge in [-0.3, -0.25) is 4.79 Å². The van der Waals surface area contributed by atoms with E-state index in [0.717, 1.165) is 5.82 Å². The van der Waals surface area contributed by atoms with Crippen LogP contribution in [0.1, 0.15) is 24.2 Å². The first-order chi connectivity index (χ1) is 8.83. The molecule has 2 rings (SSSR count). The third kappa shape index (κ3) is 2.56. The summed E-state index contributed by atoms with van der Waals surface area (Å²) >= 11 is 0. The van der Waals surface area contributed by atoms with Crippen molar-refractivity contribution < 1.29 is 9.90 Å². The molecule has 19 heavy (non-hydrogen) atoms. The Morgan fingerprint density at radius 1 is 1.47 bits per heavy atom. The van der Waals surface area contributed by atoms with Crippen molar-refractivity contribution in [3.8, 4) is 0 Å². The number of aliphatic hydroxyl groups is 1. The Hall–Kier alpha value is -1.62. The van der Waals surface area contributed by atoms with Crippen LogP contribution in [0, 0.1) is 5.92 Å². The first kappa shape index (κ1) is 13.8. The summed E-state index contributed by atoms with van der Waals surface area (Å²) in [6.45, 7) is 4.75. The highest BCUT2D eigenvalue weighted by Crippen LogP contribution is 2.29. The minimum atomic E-state index is -0.729. The van der Waals surface area contributed by atoms with Crippen LogP contribution in [0.5, 0.6) is 0 Å². The zero-order chi connectivity index (χ0) is 14.2. The van der Waals surface area contributed by atoms with E-state index in [1.165, 1.54) is 0 Å². The predicted molar refractivity (Wildman–Crippen MR) is 74.3 cm³/mol. The Morgan fingerprint density at radius 2 is 2.11 bits per heavy atom. The molecule has 1 aromatic rings. The molecule has 1 aliphatic rings. The summed E-state index contributed by atoms with van der Waals surface area (Å²) in [5.74, 6) is 0.868. The van der Waals surface area contributed by atoms with Crippen LogP contribution in [-0.4, -0.2) is 53.7 Å². The largest absolute Gasteiger partial charge is 0.386 e. The zero-order valence-corrected chi connectivity index (χ0v) is 11.9. The molecule has 0 aliphatic carbocycles. The molecule has 0 aromatic carbocycles. The van der Waals surface area contributed by atoms with Crippen LogP contribution in [0.15, 0.2) is 18.3 Å². The molecule has 0 saturated carbocycles. The summed E-state index contributed by atoms with van der Waals surface area (Å²) in [5, 5.41) is 10.2. The third-order valence-corrected chi connectivity index (χ3v) is 3.74. The highest BCUT2D eigenvalue weighted by atomic mass is 16.3. The van der Waals surface area contributed by atoms with E-state index < -0.39 is 5.60 Å². The van der Waals surface area contributed by atoms with Gasteiger partial charge in [0, 0.05) is 25.9 Å². The van der Waals surface area contributed by atoms with Crippen LogP contribution in [0.4, 0.5) is 5.82 Å². The molecule has 0 spiro atoms. The van der Waals surface area contributed by atoms with Gasteiger partial charge in [-0.05, 0) is 18.1 Å². The molecule has 0 unspecified atom stereocenters. The maximum atomic E-state index is 12.3. The number of nitrogens with zero attached hydrogens (tertiary/aromatic N) is 3. The lowest BCUT2D eigenvalue weighted by Gasteiger charge is -2.49. The van der Waals surface area contributed by atoms with Crippen molar-refractivity contribution >= 4 is 11.7 Å². The van der Waals surface area contributed by atoms with E-state index >= 15 is 0 Å². The number of carbonyl (C=O) groups is 1. The smallest absolute Gasteiger partial charge is 0.254 e. The number of pyridine rings is 1. The van der Waals surface area contributed by atoms with E-state index in [-0.39, 0.29) is 11.8 Å². The normalized spacial score (nSPS) is 17.3. The number of hydrogen-bond donors (Lipinski definition) is 1. The van der Waals surface area contributed by atoms with Crippen molar-refractivity contribution in [2.24, 2.45) is 5.92 Å². The fourth-order valence-corrected chi connectivity index (χ4v) is 2.10. The molecule has 1 saturated heterocycles. The van der Waals surface area contributed by atoms with E-state index in [1.807, 2.05) is 32.8 Å². The number of hydrogen-bond acceptors (Lipinski definition) is 4. The molecule has 104 valence electrons. The van der Waals surface area contributed by atoms with E-state index in [2.05, 4.69) is 4.98 Å². The second-order valence-corrected chi connectivity index (χ2v) is 5.72. The predicted octanol–water partition coefficient (Wildman–Crippen LogP) is 0.991. The Labute approximate surface area is 113 Å². The lowest BCUT2D eigenvalue weighted by Crippen LogP contribution is -2.65. The number of amides is 1. The number of rotatable bonds is 3. The minimum absolute atomic E-state index is 0.0455. The summed E-state index contributed by atoms with van der Waals surface area (Å²) < 4.78 is 0. The number of likely N-dealkylation sites (tertiary alicyclic amines) is 1. The molecule has 1 fully saturated rings. The fraction of sp³-hybridized carbons (Fsp3) is 0.571. The van der Waals surface area contributed by atoms with Crippen molar-refractivity contribution in [2.45, 2.75) is 19.4 Å². The Bertz CT molecular complexity index is 479. The average molecular weight is 263 g/mol. The van der Waals surface area contributed by atoms with Crippen molar-refractivity contribution in [1.29, 1.82) is 0 Å². The van der Waals surface area contributed by atoms with Gasteiger partial charge < -0.3 is 14.9 Å². The molecule has 1 aliphatic heterocycles. The molecule has 1 amide bonds. The first-order valence-corrected chi connectivity index (χ1v) is 6.48. The molecule has 0 atom stereocenters. The van der Waals surface area contributed by atoms with Crippen molar-refractivity contribution in [1.82, 2.24) is 9.88 Å². The highest BCUT2D eigenvalue weighted by molar-refractivity contribution is 5.95. The van der Waals surface area contributed by atoms with Crippen LogP contribution >= 0.6 is 0 Å². The van der Waals surface area contributed by atoms with E-state index in [0.29, 0.717) is 18.7 Å². The molecular formula is C14H21N3O2. The van der Waals surface area contributed by atoms with Crippen LogP contribution in [0.3, 0.4) is 0 Å². The maximum absolute atomic E-state index is 12.3. The topological polar surface area (TPSA) is 56.7 Å². The molecule has 5 nitrogen and oxygen atoms in total. The van der Waals surface area contributed by atoms with Gasteiger partial charge in [-0.25, -0.2) is 4.98 Å². The molecule has 2 heterocycles. The fourth-order valence-electron chi connectivity index (χ4n) is 2.10. The van der Waals surface area contributed by atoms with Crippen molar-refractivity contribution in [3.05, 3.63) is 23.9 Å².